The van der Waals surface area contributed by atoms with Crippen LogP contribution in [-0.4, -0.2) is 43.2 Å². The molecule has 1 fully saturated rings. The van der Waals surface area contributed by atoms with Crippen LogP contribution in [0.25, 0.3) is 0 Å². The summed E-state index contributed by atoms with van der Waals surface area (Å²) < 4.78 is 4.85. The van der Waals surface area contributed by atoms with Crippen LogP contribution in [0.1, 0.15) is 18.6 Å². The first-order chi connectivity index (χ1) is 9.02. The molecular weight excluding hydrogens is 248 g/mol. The van der Waals surface area contributed by atoms with E-state index in [9.17, 15) is 9.59 Å². The average Bonchev–Trinajstić information content (AvgIpc) is 3.00. The first-order valence-corrected chi connectivity index (χ1v) is 6.37. The molecule has 1 aliphatic carbocycles. The zero-order valence-corrected chi connectivity index (χ0v) is 11.2. The average molecular weight is 267 g/mol. The first kappa shape index (κ1) is 13.5. The molecule has 1 aromatic heterocycles. The van der Waals surface area contributed by atoms with Crippen molar-refractivity contribution in [2.45, 2.75) is 25.8 Å². The minimum Gasteiger partial charge on any atom is -0.360 e. The van der Waals surface area contributed by atoms with Gasteiger partial charge in [0, 0.05) is 12.1 Å². The van der Waals surface area contributed by atoms with Gasteiger partial charge in [0.15, 0.2) is 18.9 Å². The summed E-state index contributed by atoms with van der Waals surface area (Å²) in [7, 11) is 1.81. The summed E-state index contributed by atoms with van der Waals surface area (Å²) >= 11 is 0. The van der Waals surface area contributed by atoms with Crippen LogP contribution in [0.4, 0.5) is 5.82 Å². The summed E-state index contributed by atoms with van der Waals surface area (Å²) in [5.74, 6) is 0.840. The molecule has 1 aromatic rings. The number of likely N-dealkylation sites (N-methyl/N-ethyl adjacent to an activating group) is 1. The van der Waals surface area contributed by atoms with Crippen LogP contribution < -0.4 is 15.5 Å². The van der Waals surface area contributed by atoms with Gasteiger partial charge < -0.3 is 20.1 Å². The van der Waals surface area contributed by atoms with Crippen molar-refractivity contribution in [3.05, 3.63) is 11.8 Å². The van der Waals surface area contributed by atoms with Crippen molar-refractivity contribution in [1.82, 2.24) is 10.5 Å². The van der Waals surface area contributed by atoms with Crippen LogP contribution in [-0.2, 0) is 9.59 Å². The number of carbonyl (C=O) groups excluding carboxylic acids is 2. The maximum absolute atomic E-state index is 11.7. The van der Waals surface area contributed by atoms with E-state index in [1.165, 1.54) is 0 Å². The molecule has 7 heteroatoms. The van der Waals surface area contributed by atoms with Gasteiger partial charge in [-0.2, -0.15) is 0 Å². The van der Waals surface area contributed by atoms with Gasteiger partial charge in [0.05, 0.1) is 7.05 Å². The number of hydrogen-bond acceptors (Lipinski definition) is 4. The van der Waals surface area contributed by atoms with Crippen LogP contribution in [0.15, 0.2) is 10.6 Å². The number of anilines is 1. The third-order valence-corrected chi connectivity index (χ3v) is 2.76. The van der Waals surface area contributed by atoms with E-state index in [4.69, 9.17) is 4.52 Å². The number of nitrogens with one attached hydrogen (secondary N) is 3. The standard InChI is InChI=1S/C12H18N4O3/c1-8-5-10(15-19-8)14-12(18)7-16(2)6-11(17)13-9-3-4-9/h5,9H,3-4,6-7H2,1-2H3,(H,13,17)(H,14,15,18)/p+1. The molecule has 0 spiro atoms. The second-order valence-electron chi connectivity index (χ2n) is 5.02. The van der Waals surface area contributed by atoms with Gasteiger partial charge in [0.2, 0.25) is 0 Å². The fourth-order valence-corrected chi connectivity index (χ4v) is 1.73. The fraction of sp³-hybridized carbons (Fsp3) is 0.583. The molecule has 2 rings (SSSR count). The van der Waals surface area contributed by atoms with Crippen molar-refractivity contribution in [3.8, 4) is 0 Å². The minimum absolute atomic E-state index is 0.00918. The Morgan fingerprint density at radius 1 is 1.42 bits per heavy atom. The summed E-state index contributed by atoms with van der Waals surface area (Å²) in [5.41, 5.74) is 0. The third-order valence-electron chi connectivity index (χ3n) is 2.76. The van der Waals surface area contributed by atoms with Crippen molar-refractivity contribution >= 4 is 17.6 Å². The van der Waals surface area contributed by atoms with E-state index in [0.29, 0.717) is 24.2 Å². The van der Waals surface area contributed by atoms with E-state index in [1.807, 2.05) is 0 Å². The lowest BCUT2D eigenvalue weighted by Gasteiger charge is -2.12. The van der Waals surface area contributed by atoms with Gasteiger partial charge in [-0.3, -0.25) is 9.59 Å². The minimum atomic E-state index is -0.190. The lowest BCUT2D eigenvalue weighted by Crippen LogP contribution is -3.11. The topological polar surface area (TPSA) is 88.7 Å². The Kier molecular flexibility index (Phi) is 4.16. The number of amides is 2. The quantitative estimate of drug-likeness (QED) is 0.598. The van der Waals surface area contributed by atoms with Gasteiger partial charge in [0.25, 0.3) is 11.8 Å². The van der Waals surface area contributed by atoms with Gasteiger partial charge in [-0.15, -0.1) is 0 Å². The van der Waals surface area contributed by atoms with Crippen molar-refractivity contribution in [3.63, 3.8) is 0 Å². The molecule has 1 saturated carbocycles. The third kappa shape index (κ3) is 4.70. The van der Waals surface area contributed by atoms with Crippen molar-refractivity contribution in [1.29, 1.82) is 0 Å². The molecule has 1 atom stereocenters. The molecule has 2 amide bonds. The van der Waals surface area contributed by atoms with E-state index in [1.54, 1.807) is 20.0 Å². The molecule has 0 radical (unpaired) electrons. The summed E-state index contributed by atoms with van der Waals surface area (Å²) in [4.78, 5) is 24.1. The second-order valence-corrected chi connectivity index (χ2v) is 5.02. The van der Waals surface area contributed by atoms with Gasteiger partial charge >= 0.3 is 0 Å². The first-order valence-electron chi connectivity index (χ1n) is 6.37. The Hall–Kier alpha value is -1.89. The SMILES string of the molecule is Cc1cc(NC(=O)C[NH+](C)CC(=O)NC2CC2)no1. The highest BCUT2D eigenvalue weighted by Gasteiger charge is 2.24. The molecular formula is C12H19N4O3+. The summed E-state index contributed by atoms with van der Waals surface area (Å²) in [6.07, 6.45) is 2.13. The monoisotopic (exact) mass is 267 g/mol. The Labute approximate surface area is 111 Å². The molecule has 0 saturated heterocycles. The van der Waals surface area contributed by atoms with Crippen LogP contribution in [0.2, 0.25) is 0 Å². The molecule has 0 bridgehead atoms. The number of hydrogen-bond donors (Lipinski definition) is 3. The lowest BCUT2D eigenvalue weighted by molar-refractivity contribution is -0.862. The normalized spacial score (nSPS) is 15.9. The van der Waals surface area contributed by atoms with E-state index in [-0.39, 0.29) is 18.4 Å². The second kappa shape index (κ2) is 5.83. The summed E-state index contributed by atoms with van der Waals surface area (Å²) in [6.45, 7) is 2.26. The van der Waals surface area contributed by atoms with E-state index in [2.05, 4.69) is 15.8 Å². The Bertz CT molecular complexity index is 467. The molecule has 1 aliphatic rings. The summed E-state index contributed by atoms with van der Waals surface area (Å²) in [6, 6.07) is 2.00. The summed E-state index contributed by atoms with van der Waals surface area (Å²) in [5, 5.41) is 9.19. The van der Waals surface area contributed by atoms with E-state index in [0.717, 1.165) is 17.7 Å². The maximum Gasteiger partial charge on any atom is 0.280 e. The largest absolute Gasteiger partial charge is 0.360 e. The smallest absolute Gasteiger partial charge is 0.280 e. The Morgan fingerprint density at radius 3 is 2.68 bits per heavy atom. The van der Waals surface area contributed by atoms with Crippen LogP contribution in [0.3, 0.4) is 0 Å². The molecule has 3 N–H and O–H groups in total. The highest BCUT2D eigenvalue weighted by molar-refractivity contribution is 5.90. The molecule has 1 heterocycles. The van der Waals surface area contributed by atoms with E-state index < -0.39 is 0 Å². The highest BCUT2D eigenvalue weighted by Crippen LogP contribution is 2.17. The van der Waals surface area contributed by atoms with E-state index >= 15 is 0 Å². The van der Waals surface area contributed by atoms with Crippen molar-refractivity contribution in [2.24, 2.45) is 0 Å². The number of rotatable bonds is 6. The van der Waals surface area contributed by atoms with Crippen LogP contribution in [0.5, 0.6) is 0 Å². The zero-order valence-electron chi connectivity index (χ0n) is 11.2. The molecule has 0 aromatic carbocycles. The van der Waals surface area contributed by atoms with Crippen molar-refractivity contribution in [2.75, 3.05) is 25.5 Å². The van der Waals surface area contributed by atoms with Gasteiger partial charge in [-0.25, -0.2) is 0 Å². The number of aryl methyl sites for hydroxylation is 1. The fourth-order valence-electron chi connectivity index (χ4n) is 1.73. The molecule has 19 heavy (non-hydrogen) atoms. The van der Waals surface area contributed by atoms with Crippen LogP contribution in [0, 0.1) is 6.92 Å². The number of carbonyl (C=O) groups is 2. The Balaban J connectivity index is 1.70. The molecule has 7 nitrogen and oxygen atoms in total. The van der Waals surface area contributed by atoms with Gasteiger partial charge in [-0.1, -0.05) is 5.16 Å². The van der Waals surface area contributed by atoms with Crippen molar-refractivity contribution < 1.29 is 19.0 Å². The predicted molar refractivity (Wildman–Crippen MR) is 67.7 cm³/mol. The Morgan fingerprint density at radius 2 is 2.11 bits per heavy atom. The zero-order chi connectivity index (χ0) is 13.8. The molecule has 1 unspecified atom stereocenters. The van der Waals surface area contributed by atoms with Crippen LogP contribution >= 0.6 is 0 Å². The lowest BCUT2D eigenvalue weighted by atomic mass is 10.4. The number of quaternary nitrogens is 1. The number of nitrogens with zero attached hydrogens (tertiary/aromatic N) is 1. The highest BCUT2D eigenvalue weighted by atomic mass is 16.5. The number of aromatic nitrogens is 1. The molecule has 0 aliphatic heterocycles. The predicted octanol–water partition coefficient (Wildman–Crippen LogP) is -1.29. The van der Waals surface area contributed by atoms with Gasteiger partial charge in [-0.05, 0) is 19.8 Å². The maximum atomic E-state index is 11.7. The molecule has 104 valence electrons. The van der Waals surface area contributed by atoms with Gasteiger partial charge in [0.1, 0.15) is 5.76 Å².